The molecule has 0 bridgehead atoms. The largest absolute Gasteiger partial charge is 0.502 e. The van der Waals surface area contributed by atoms with Crippen molar-refractivity contribution < 1.29 is 27.8 Å². The van der Waals surface area contributed by atoms with Gasteiger partial charge in [-0.3, -0.25) is 0 Å². The zero-order chi connectivity index (χ0) is 13.8. The fraction of sp³-hybridized carbons (Fsp3) is 0.250. The van der Waals surface area contributed by atoms with E-state index in [0.717, 1.165) is 19.2 Å². The predicted octanol–water partition coefficient (Wildman–Crippen LogP) is 2.86. The highest BCUT2D eigenvalue weighted by Gasteiger charge is 2.29. The molecule has 0 amide bonds. The van der Waals surface area contributed by atoms with E-state index < -0.39 is 23.5 Å². The number of aliphatic hydroxyl groups excluding tert-OH is 1. The Balaban J connectivity index is 2.73. The van der Waals surface area contributed by atoms with E-state index in [4.69, 9.17) is 5.11 Å². The van der Waals surface area contributed by atoms with E-state index >= 15 is 0 Å². The number of hydrogen-bond donors (Lipinski definition) is 1. The van der Waals surface area contributed by atoms with Gasteiger partial charge in [0.1, 0.15) is 0 Å². The van der Waals surface area contributed by atoms with Crippen LogP contribution in [0.4, 0.5) is 13.2 Å². The Morgan fingerprint density at radius 1 is 1.33 bits per heavy atom. The minimum absolute atomic E-state index is 0.138. The number of rotatable bonds is 3. The number of carbonyl (C=O) groups is 1. The zero-order valence-electron chi connectivity index (χ0n) is 9.49. The van der Waals surface area contributed by atoms with Gasteiger partial charge >= 0.3 is 12.1 Å². The van der Waals surface area contributed by atoms with E-state index in [-0.39, 0.29) is 6.42 Å². The van der Waals surface area contributed by atoms with Gasteiger partial charge in [-0.05, 0) is 30.2 Å². The molecule has 0 atom stereocenters. The second-order valence-corrected chi connectivity index (χ2v) is 3.48. The summed E-state index contributed by atoms with van der Waals surface area (Å²) in [6.45, 7) is 0. The van der Waals surface area contributed by atoms with Crippen molar-refractivity contribution >= 4 is 5.97 Å². The molecule has 6 heteroatoms. The first-order valence-electron chi connectivity index (χ1n) is 4.98. The highest BCUT2D eigenvalue weighted by atomic mass is 19.4. The first kappa shape index (κ1) is 14.1. The molecule has 0 aliphatic rings. The summed E-state index contributed by atoms with van der Waals surface area (Å²) in [6, 6.07) is 4.45. The van der Waals surface area contributed by atoms with Crippen LogP contribution in [0.1, 0.15) is 11.1 Å². The molecule has 0 fully saturated rings. The number of carbonyl (C=O) groups excluding carboxylic acids is 1. The highest BCUT2D eigenvalue weighted by Crippen LogP contribution is 2.29. The number of methoxy groups -OCH3 is 1. The molecule has 1 aromatic carbocycles. The lowest BCUT2D eigenvalue weighted by molar-refractivity contribution is -0.139. The Morgan fingerprint density at radius 3 is 2.33 bits per heavy atom. The number of ether oxygens (including phenoxy) is 1. The molecule has 98 valence electrons. The SMILES string of the molecule is COC(=O)C(O)=CCc1ccc(C(F)(F)F)cc1. The summed E-state index contributed by atoms with van der Waals surface area (Å²) < 4.78 is 41.1. The molecular formula is C12H11F3O3. The number of benzene rings is 1. The van der Waals surface area contributed by atoms with Gasteiger partial charge < -0.3 is 9.84 Å². The lowest BCUT2D eigenvalue weighted by atomic mass is 10.1. The Morgan fingerprint density at radius 2 is 1.89 bits per heavy atom. The van der Waals surface area contributed by atoms with Crippen LogP contribution in [0.3, 0.4) is 0 Å². The maximum Gasteiger partial charge on any atom is 0.416 e. The summed E-state index contributed by atoms with van der Waals surface area (Å²) in [6.07, 6.45) is -3.06. The van der Waals surface area contributed by atoms with Crippen molar-refractivity contribution in [2.75, 3.05) is 7.11 Å². The van der Waals surface area contributed by atoms with Crippen LogP contribution in [0.2, 0.25) is 0 Å². The molecular weight excluding hydrogens is 249 g/mol. The monoisotopic (exact) mass is 260 g/mol. The van der Waals surface area contributed by atoms with Crippen molar-refractivity contribution in [2.24, 2.45) is 0 Å². The van der Waals surface area contributed by atoms with Gasteiger partial charge in [0, 0.05) is 0 Å². The molecule has 0 saturated heterocycles. The average molecular weight is 260 g/mol. The first-order valence-corrected chi connectivity index (χ1v) is 4.98. The summed E-state index contributed by atoms with van der Waals surface area (Å²) in [5.74, 6) is -1.46. The second kappa shape index (κ2) is 5.57. The summed E-state index contributed by atoms with van der Waals surface area (Å²) >= 11 is 0. The van der Waals surface area contributed by atoms with E-state index in [1.807, 2.05) is 0 Å². The minimum atomic E-state index is -4.37. The van der Waals surface area contributed by atoms with Gasteiger partial charge in [0.25, 0.3) is 0 Å². The molecule has 1 rings (SSSR count). The van der Waals surface area contributed by atoms with Crippen LogP contribution in [-0.2, 0) is 22.1 Å². The molecule has 0 heterocycles. The molecule has 0 saturated carbocycles. The van der Waals surface area contributed by atoms with Crippen LogP contribution in [0.25, 0.3) is 0 Å². The summed E-state index contributed by atoms with van der Waals surface area (Å²) in [7, 11) is 1.12. The van der Waals surface area contributed by atoms with Gasteiger partial charge in [-0.15, -0.1) is 0 Å². The van der Waals surface area contributed by atoms with Crippen LogP contribution >= 0.6 is 0 Å². The van der Waals surface area contributed by atoms with Crippen molar-refractivity contribution in [1.29, 1.82) is 0 Å². The number of hydrogen-bond acceptors (Lipinski definition) is 3. The van der Waals surface area contributed by atoms with Crippen LogP contribution in [0, 0.1) is 0 Å². The third-order valence-corrected chi connectivity index (χ3v) is 2.21. The normalized spacial score (nSPS) is 12.3. The van der Waals surface area contributed by atoms with Crippen molar-refractivity contribution in [3.8, 4) is 0 Å². The topological polar surface area (TPSA) is 46.5 Å². The van der Waals surface area contributed by atoms with E-state index in [2.05, 4.69) is 4.74 Å². The Bertz CT molecular complexity index is 447. The molecule has 0 aliphatic heterocycles. The van der Waals surface area contributed by atoms with Crippen molar-refractivity contribution in [3.63, 3.8) is 0 Å². The summed E-state index contributed by atoms with van der Waals surface area (Å²) in [5, 5.41) is 9.17. The number of allylic oxidation sites excluding steroid dienone is 1. The standard InChI is InChI=1S/C12H11F3O3/c1-18-11(17)10(16)7-4-8-2-5-9(6-3-8)12(13,14)15/h2-3,5-7,16H,4H2,1H3. The Hall–Kier alpha value is -1.98. The van der Waals surface area contributed by atoms with E-state index in [1.165, 1.54) is 18.2 Å². The minimum Gasteiger partial charge on any atom is -0.502 e. The Labute approximate surface area is 101 Å². The van der Waals surface area contributed by atoms with Crippen LogP contribution in [-0.4, -0.2) is 18.2 Å². The first-order chi connectivity index (χ1) is 8.34. The van der Waals surface area contributed by atoms with Gasteiger partial charge in [-0.25, -0.2) is 4.79 Å². The third-order valence-electron chi connectivity index (χ3n) is 2.21. The maximum atomic E-state index is 12.3. The maximum absolute atomic E-state index is 12.3. The number of alkyl halides is 3. The van der Waals surface area contributed by atoms with Crippen LogP contribution in [0.5, 0.6) is 0 Å². The quantitative estimate of drug-likeness (QED) is 0.516. The van der Waals surface area contributed by atoms with E-state index in [1.54, 1.807) is 0 Å². The number of halogens is 3. The molecule has 1 N–H and O–H groups in total. The third kappa shape index (κ3) is 3.80. The van der Waals surface area contributed by atoms with Gasteiger partial charge in [0.2, 0.25) is 0 Å². The summed E-state index contributed by atoms with van der Waals surface area (Å²) in [4.78, 5) is 10.8. The second-order valence-electron chi connectivity index (χ2n) is 3.48. The lowest BCUT2D eigenvalue weighted by Crippen LogP contribution is -2.05. The summed E-state index contributed by atoms with van der Waals surface area (Å²) in [5.41, 5.74) is -0.203. The highest BCUT2D eigenvalue weighted by molar-refractivity contribution is 5.85. The molecule has 0 unspecified atom stereocenters. The van der Waals surface area contributed by atoms with Crippen LogP contribution < -0.4 is 0 Å². The smallest absolute Gasteiger partial charge is 0.416 e. The molecule has 0 aromatic heterocycles. The van der Waals surface area contributed by atoms with Crippen molar-refractivity contribution in [1.82, 2.24) is 0 Å². The average Bonchev–Trinajstić information content (AvgIpc) is 2.34. The van der Waals surface area contributed by atoms with Gasteiger partial charge in [0.15, 0.2) is 5.76 Å². The Kier molecular flexibility index (Phi) is 4.36. The van der Waals surface area contributed by atoms with Crippen LogP contribution in [0.15, 0.2) is 36.1 Å². The molecule has 18 heavy (non-hydrogen) atoms. The zero-order valence-corrected chi connectivity index (χ0v) is 9.49. The molecule has 3 nitrogen and oxygen atoms in total. The number of esters is 1. The molecule has 0 spiro atoms. The van der Waals surface area contributed by atoms with Gasteiger partial charge in [-0.2, -0.15) is 13.2 Å². The molecule has 1 aromatic rings. The van der Waals surface area contributed by atoms with Crippen molar-refractivity contribution in [2.45, 2.75) is 12.6 Å². The molecule has 0 aliphatic carbocycles. The van der Waals surface area contributed by atoms with Crippen molar-refractivity contribution in [3.05, 3.63) is 47.2 Å². The molecule has 0 radical (unpaired) electrons. The van der Waals surface area contributed by atoms with E-state index in [9.17, 15) is 18.0 Å². The van der Waals surface area contributed by atoms with Gasteiger partial charge in [0.05, 0.1) is 12.7 Å². The predicted molar refractivity (Wildman–Crippen MR) is 57.9 cm³/mol. The number of aliphatic hydroxyl groups is 1. The fourth-order valence-corrected chi connectivity index (χ4v) is 1.23. The fourth-order valence-electron chi connectivity index (χ4n) is 1.23. The lowest BCUT2D eigenvalue weighted by Gasteiger charge is -2.06. The van der Waals surface area contributed by atoms with Gasteiger partial charge in [-0.1, -0.05) is 12.1 Å². The van der Waals surface area contributed by atoms with E-state index in [0.29, 0.717) is 5.56 Å².